The normalized spacial score (nSPS) is 9.27. The van der Waals surface area contributed by atoms with Crippen molar-refractivity contribution in [1.29, 1.82) is 0 Å². The van der Waals surface area contributed by atoms with Crippen LogP contribution in [0, 0.1) is 0 Å². The van der Waals surface area contributed by atoms with Gasteiger partial charge in [-0.05, 0) is 5.46 Å². The van der Waals surface area contributed by atoms with Gasteiger partial charge in [-0.25, -0.2) is 0 Å². The highest BCUT2D eigenvalue weighted by molar-refractivity contribution is 6.58. The van der Waals surface area contributed by atoms with Gasteiger partial charge in [-0.3, -0.25) is 4.79 Å². The van der Waals surface area contributed by atoms with Gasteiger partial charge in [0.25, 0.3) is 0 Å². The van der Waals surface area contributed by atoms with E-state index in [9.17, 15) is 4.79 Å². The molecule has 0 spiro atoms. The van der Waals surface area contributed by atoms with Gasteiger partial charge in [0.05, 0.1) is 0 Å². The van der Waals surface area contributed by atoms with Gasteiger partial charge in [0.2, 0.25) is 6.29 Å². The number of rotatable bonds is 2. The molecule has 0 aliphatic rings. The molecule has 0 aromatic heterocycles. The lowest BCUT2D eigenvalue weighted by Gasteiger charge is -1.96. The Morgan fingerprint density at radius 3 is 2.09 bits per heavy atom. The second-order valence-electron chi connectivity index (χ2n) is 2.10. The predicted octanol–water partition coefficient (Wildman–Crippen LogP) is -1.18. The van der Waals surface area contributed by atoms with E-state index in [1.807, 2.05) is 0 Å². The Morgan fingerprint density at radius 2 is 1.73 bits per heavy atom. The molecule has 3 nitrogen and oxygen atoms in total. The van der Waals surface area contributed by atoms with Crippen molar-refractivity contribution in [3.05, 3.63) is 29.8 Å². The summed E-state index contributed by atoms with van der Waals surface area (Å²) >= 11 is 0. The molecule has 55 valence electrons. The molecular weight excluding hydrogens is 143 g/mol. The summed E-state index contributed by atoms with van der Waals surface area (Å²) in [5.74, 6) is 0. The van der Waals surface area contributed by atoms with Gasteiger partial charge >= 0.3 is 7.12 Å². The zero-order chi connectivity index (χ0) is 8.27. The van der Waals surface area contributed by atoms with Gasteiger partial charge in [-0.15, -0.1) is 0 Å². The van der Waals surface area contributed by atoms with Crippen LogP contribution in [0.3, 0.4) is 0 Å². The Morgan fingerprint density at radius 1 is 1.18 bits per heavy atom. The summed E-state index contributed by atoms with van der Waals surface area (Å²) in [6.07, 6.45) is 1.68. The maximum Gasteiger partial charge on any atom is 0.488 e. The van der Waals surface area contributed by atoms with Crippen LogP contribution in [-0.2, 0) is 4.79 Å². The first kappa shape index (κ1) is 7.98. The monoisotopic (exact) mass is 149 g/mol. The molecule has 0 saturated carbocycles. The van der Waals surface area contributed by atoms with Crippen LogP contribution in [0.15, 0.2) is 24.3 Å². The fourth-order valence-corrected chi connectivity index (χ4v) is 0.723. The van der Waals surface area contributed by atoms with Gasteiger partial charge < -0.3 is 10.0 Å². The van der Waals surface area contributed by atoms with Crippen LogP contribution in [0.2, 0.25) is 0 Å². The Labute approximate surface area is 64.4 Å². The fraction of sp³-hybridized carbons (Fsp3) is 0. The van der Waals surface area contributed by atoms with Crippen molar-refractivity contribution in [3.8, 4) is 0 Å². The quantitative estimate of drug-likeness (QED) is 0.520. The van der Waals surface area contributed by atoms with Crippen molar-refractivity contribution in [3.63, 3.8) is 0 Å². The smallest absolute Gasteiger partial charge is 0.423 e. The van der Waals surface area contributed by atoms with Gasteiger partial charge in [-0.1, -0.05) is 24.3 Å². The molecular formula is C7H6BO3. The molecule has 11 heavy (non-hydrogen) atoms. The van der Waals surface area contributed by atoms with E-state index >= 15 is 0 Å². The summed E-state index contributed by atoms with van der Waals surface area (Å²) in [6, 6.07) is 5.87. The lowest BCUT2D eigenvalue weighted by molar-refractivity contribution is 0.426. The Bertz CT molecular complexity index is 242. The maximum atomic E-state index is 10.0. The molecule has 1 rings (SSSR count). The molecule has 0 unspecified atom stereocenters. The largest absolute Gasteiger partial charge is 0.488 e. The third-order valence-corrected chi connectivity index (χ3v) is 1.33. The predicted molar refractivity (Wildman–Crippen MR) is 41.1 cm³/mol. The minimum Gasteiger partial charge on any atom is -0.423 e. The Balaban J connectivity index is 2.91. The second kappa shape index (κ2) is 3.32. The molecule has 0 aliphatic carbocycles. The Hall–Kier alpha value is -1.13. The molecule has 0 fully saturated rings. The first-order valence-corrected chi connectivity index (χ1v) is 3.08. The first-order chi connectivity index (χ1) is 5.24. The van der Waals surface area contributed by atoms with Crippen molar-refractivity contribution >= 4 is 18.9 Å². The van der Waals surface area contributed by atoms with Crippen LogP contribution in [0.25, 0.3) is 0 Å². The molecule has 0 atom stereocenters. The van der Waals surface area contributed by atoms with Gasteiger partial charge in [0.15, 0.2) is 0 Å². The topological polar surface area (TPSA) is 57.5 Å². The first-order valence-electron chi connectivity index (χ1n) is 3.08. The van der Waals surface area contributed by atoms with Crippen LogP contribution in [0.1, 0.15) is 5.56 Å². The zero-order valence-corrected chi connectivity index (χ0v) is 5.69. The van der Waals surface area contributed by atoms with Crippen molar-refractivity contribution in [2.45, 2.75) is 0 Å². The van der Waals surface area contributed by atoms with E-state index < -0.39 is 7.12 Å². The molecule has 2 N–H and O–H groups in total. The minimum atomic E-state index is -1.48. The number of hydrogen-bond donors (Lipinski definition) is 2. The molecule has 1 aromatic carbocycles. The van der Waals surface area contributed by atoms with E-state index in [2.05, 4.69) is 0 Å². The van der Waals surface area contributed by atoms with Gasteiger partial charge in [0, 0.05) is 5.56 Å². The van der Waals surface area contributed by atoms with E-state index in [1.54, 1.807) is 6.29 Å². The lowest BCUT2D eigenvalue weighted by atomic mass is 9.80. The van der Waals surface area contributed by atoms with Crippen LogP contribution in [0.5, 0.6) is 0 Å². The minimum absolute atomic E-state index is 0.365. The van der Waals surface area contributed by atoms with Crippen molar-refractivity contribution in [2.24, 2.45) is 0 Å². The number of benzene rings is 1. The van der Waals surface area contributed by atoms with Gasteiger partial charge in [-0.2, -0.15) is 0 Å². The summed E-state index contributed by atoms with van der Waals surface area (Å²) in [4.78, 5) is 10.0. The summed E-state index contributed by atoms with van der Waals surface area (Å²) in [6.45, 7) is 0. The van der Waals surface area contributed by atoms with Crippen LogP contribution in [0.4, 0.5) is 0 Å². The van der Waals surface area contributed by atoms with Crippen LogP contribution in [-0.4, -0.2) is 23.5 Å². The van der Waals surface area contributed by atoms with Gasteiger partial charge in [0.1, 0.15) is 0 Å². The number of carbonyl (C=O) groups excluding carboxylic acids is 1. The summed E-state index contributed by atoms with van der Waals surface area (Å²) < 4.78 is 0. The highest BCUT2D eigenvalue weighted by atomic mass is 16.4. The SMILES string of the molecule is O=[C]c1ccc(B(O)O)cc1. The van der Waals surface area contributed by atoms with Crippen molar-refractivity contribution in [1.82, 2.24) is 0 Å². The summed E-state index contributed by atoms with van der Waals surface area (Å²) in [5, 5.41) is 17.3. The maximum absolute atomic E-state index is 10.0. The van der Waals surface area contributed by atoms with E-state index in [-0.39, 0.29) is 0 Å². The van der Waals surface area contributed by atoms with Crippen LogP contribution >= 0.6 is 0 Å². The molecule has 4 heteroatoms. The summed E-state index contributed by atoms with van der Waals surface area (Å²) in [7, 11) is -1.48. The molecule has 0 heterocycles. The standard InChI is InChI=1S/C7H6BO3/c9-5-6-1-3-7(4-2-6)8(10)11/h1-4,10-11H. The highest BCUT2D eigenvalue weighted by Gasteiger charge is 2.09. The van der Waals surface area contributed by atoms with E-state index in [0.29, 0.717) is 11.0 Å². The second-order valence-corrected chi connectivity index (χ2v) is 2.10. The summed E-state index contributed by atoms with van der Waals surface area (Å²) in [5.41, 5.74) is 0.762. The van der Waals surface area contributed by atoms with E-state index in [1.165, 1.54) is 24.3 Å². The Kier molecular flexibility index (Phi) is 2.41. The fourth-order valence-electron chi connectivity index (χ4n) is 0.723. The highest BCUT2D eigenvalue weighted by Crippen LogP contribution is 1.91. The van der Waals surface area contributed by atoms with E-state index in [0.717, 1.165) is 0 Å². The molecule has 0 bridgehead atoms. The average Bonchev–Trinajstić information content (AvgIpc) is 2.05. The third-order valence-electron chi connectivity index (χ3n) is 1.33. The average molecular weight is 149 g/mol. The molecule has 1 aromatic rings. The van der Waals surface area contributed by atoms with Crippen LogP contribution < -0.4 is 5.46 Å². The molecule has 0 saturated heterocycles. The van der Waals surface area contributed by atoms with Crippen molar-refractivity contribution < 1.29 is 14.8 Å². The lowest BCUT2D eigenvalue weighted by Crippen LogP contribution is -2.29. The molecule has 0 aliphatic heterocycles. The molecule has 1 radical (unpaired) electrons. The zero-order valence-electron chi connectivity index (χ0n) is 5.69. The molecule has 0 amide bonds. The third kappa shape index (κ3) is 1.90. The number of hydrogen-bond acceptors (Lipinski definition) is 3. The van der Waals surface area contributed by atoms with Crippen molar-refractivity contribution in [2.75, 3.05) is 0 Å². The van der Waals surface area contributed by atoms with E-state index in [4.69, 9.17) is 10.0 Å².